The van der Waals surface area contributed by atoms with Crippen LogP contribution in [-0.2, 0) is 16.0 Å². The third kappa shape index (κ3) is 3.73. The molecule has 5 heteroatoms. The van der Waals surface area contributed by atoms with Crippen LogP contribution in [0, 0.1) is 0 Å². The first kappa shape index (κ1) is 14.4. The molecule has 0 spiro atoms. The van der Waals surface area contributed by atoms with Gasteiger partial charge in [0.2, 0.25) is 5.91 Å². The minimum atomic E-state index is -0.885. The third-order valence-corrected chi connectivity index (χ3v) is 3.73. The Morgan fingerprint density at radius 1 is 1.25 bits per heavy atom. The Balaban J connectivity index is 2.00. The molecule has 1 aromatic carbocycles. The zero-order valence-corrected chi connectivity index (χ0v) is 11.3. The number of hydrogen-bond donors (Lipinski definition) is 3. The average molecular weight is 277 g/mol. The Morgan fingerprint density at radius 2 is 1.95 bits per heavy atom. The van der Waals surface area contributed by atoms with Crippen molar-refractivity contribution in [3.05, 3.63) is 29.8 Å². The van der Waals surface area contributed by atoms with Crippen LogP contribution in [0.1, 0.15) is 37.7 Å². The van der Waals surface area contributed by atoms with E-state index >= 15 is 0 Å². The van der Waals surface area contributed by atoms with Crippen molar-refractivity contribution in [1.29, 1.82) is 0 Å². The Bertz CT molecular complexity index is 506. The van der Waals surface area contributed by atoms with E-state index in [1.54, 1.807) is 18.2 Å². The molecule has 20 heavy (non-hydrogen) atoms. The number of aliphatic carboxylic acids is 1. The van der Waals surface area contributed by atoms with Gasteiger partial charge in [0.25, 0.3) is 0 Å². The van der Waals surface area contributed by atoms with E-state index in [2.05, 4.69) is 5.32 Å². The number of aromatic hydroxyl groups is 1. The van der Waals surface area contributed by atoms with E-state index in [4.69, 9.17) is 5.11 Å². The van der Waals surface area contributed by atoms with E-state index in [9.17, 15) is 14.7 Å². The SMILES string of the molecule is O=C(O)CC1(NC(=O)Cc2cccc(O)c2)CCCC1. The van der Waals surface area contributed by atoms with Gasteiger partial charge in [0, 0.05) is 0 Å². The number of benzene rings is 1. The minimum absolute atomic E-state index is 0.0290. The van der Waals surface area contributed by atoms with Gasteiger partial charge in [0.15, 0.2) is 0 Å². The fraction of sp³-hybridized carbons (Fsp3) is 0.467. The standard InChI is InChI=1S/C15H19NO4/c17-12-5-3-4-11(8-12)9-13(18)16-15(10-14(19)20)6-1-2-7-15/h3-5,8,17H,1-2,6-7,9-10H2,(H,16,18)(H,19,20). The minimum Gasteiger partial charge on any atom is -0.508 e. The number of hydrogen-bond acceptors (Lipinski definition) is 3. The van der Waals surface area contributed by atoms with Crippen LogP contribution in [-0.4, -0.2) is 27.6 Å². The van der Waals surface area contributed by atoms with E-state index in [0.29, 0.717) is 18.4 Å². The van der Waals surface area contributed by atoms with Gasteiger partial charge < -0.3 is 15.5 Å². The Labute approximate surface area is 117 Å². The summed E-state index contributed by atoms with van der Waals surface area (Å²) >= 11 is 0. The highest BCUT2D eigenvalue weighted by Gasteiger charge is 2.37. The molecule has 2 rings (SSSR count). The van der Waals surface area contributed by atoms with Gasteiger partial charge in [-0.2, -0.15) is 0 Å². The van der Waals surface area contributed by atoms with Gasteiger partial charge in [0.1, 0.15) is 5.75 Å². The van der Waals surface area contributed by atoms with Crippen molar-refractivity contribution in [2.24, 2.45) is 0 Å². The topological polar surface area (TPSA) is 86.6 Å². The monoisotopic (exact) mass is 277 g/mol. The lowest BCUT2D eigenvalue weighted by atomic mass is 9.92. The molecule has 0 atom stereocenters. The number of carboxylic acid groups (broad SMARTS) is 1. The predicted molar refractivity (Wildman–Crippen MR) is 73.4 cm³/mol. The molecule has 0 aliphatic heterocycles. The van der Waals surface area contributed by atoms with Gasteiger partial charge in [-0.15, -0.1) is 0 Å². The van der Waals surface area contributed by atoms with Crippen molar-refractivity contribution < 1.29 is 19.8 Å². The van der Waals surface area contributed by atoms with E-state index in [1.165, 1.54) is 6.07 Å². The molecule has 1 aromatic rings. The molecule has 0 bridgehead atoms. The lowest BCUT2D eigenvalue weighted by molar-refractivity contribution is -0.139. The first-order valence-electron chi connectivity index (χ1n) is 6.80. The lowest BCUT2D eigenvalue weighted by Gasteiger charge is -2.28. The fourth-order valence-corrected chi connectivity index (χ4v) is 2.88. The Hall–Kier alpha value is -2.04. The highest BCUT2D eigenvalue weighted by molar-refractivity contribution is 5.80. The van der Waals surface area contributed by atoms with E-state index in [0.717, 1.165) is 12.8 Å². The predicted octanol–water partition coefficient (Wildman–Crippen LogP) is 1.84. The summed E-state index contributed by atoms with van der Waals surface area (Å²) in [6.07, 6.45) is 3.43. The van der Waals surface area contributed by atoms with Crippen molar-refractivity contribution in [2.45, 2.75) is 44.1 Å². The third-order valence-electron chi connectivity index (χ3n) is 3.73. The number of carbonyl (C=O) groups is 2. The van der Waals surface area contributed by atoms with Gasteiger partial charge in [-0.1, -0.05) is 25.0 Å². The van der Waals surface area contributed by atoms with Crippen molar-refractivity contribution in [3.63, 3.8) is 0 Å². The van der Waals surface area contributed by atoms with Crippen LogP contribution in [0.5, 0.6) is 5.75 Å². The molecule has 0 unspecified atom stereocenters. The first-order valence-corrected chi connectivity index (χ1v) is 6.80. The summed E-state index contributed by atoms with van der Waals surface area (Å²) in [7, 11) is 0. The summed E-state index contributed by atoms with van der Waals surface area (Å²) in [6.45, 7) is 0. The molecule has 0 saturated heterocycles. The summed E-state index contributed by atoms with van der Waals surface area (Å²) in [5.74, 6) is -0.959. The van der Waals surface area contributed by atoms with Crippen LogP contribution in [0.4, 0.5) is 0 Å². The number of nitrogens with one attached hydrogen (secondary N) is 1. The van der Waals surface area contributed by atoms with Gasteiger partial charge >= 0.3 is 5.97 Å². The second-order valence-electron chi connectivity index (χ2n) is 5.45. The van der Waals surface area contributed by atoms with Crippen LogP contribution in [0.2, 0.25) is 0 Å². The first-order chi connectivity index (χ1) is 9.49. The highest BCUT2D eigenvalue weighted by Crippen LogP contribution is 2.32. The molecular weight excluding hydrogens is 258 g/mol. The molecule has 3 N–H and O–H groups in total. The van der Waals surface area contributed by atoms with Gasteiger partial charge in [-0.3, -0.25) is 9.59 Å². The maximum Gasteiger partial charge on any atom is 0.305 e. The number of carboxylic acids is 1. The van der Waals surface area contributed by atoms with Crippen molar-refractivity contribution in [3.8, 4) is 5.75 Å². The van der Waals surface area contributed by atoms with Crippen LogP contribution in [0.15, 0.2) is 24.3 Å². The summed E-state index contributed by atoms with van der Waals surface area (Å²) < 4.78 is 0. The number of rotatable bonds is 5. The number of carbonyl (C=O) groups excluding carboxylic acids is 1. The summed E-state index contributed by atoms with van der Waals surface area (Å²) in [5, 5.41) is 21.3. The maximum absolute atomic E-state index is 12.1. The van der Waals surface area contributed by atoms with Gasteiger partial charge in [-0.05, 0) is 30.5 Å². The van der Waals surface area contributed by atoms with Crippen LogP contribution >= 0.6 is 0 Å². The molecule has 0 aromatic heterocycles. The zero-order valence-electron chi connectivity index (χ0n) is 11.3. The highest BCUT2D eigenvalue weighted by atomic mass is 16.4. The second kappa shape index (κ2) is 5.94. The fourth-order valence-electron chi connectivity index (χ4n) is 2.88. The normalized spacial score (nSPS) is 16.8. The number of amides is 1. The maximum atomic E-state index is 12.1. The molecule has 1 aliphatic carbocycles. The molecule has 1 saturated carbocycles. The molecule has 1 amide bonds. The van der Waals surface area contributed by atoms with E-state index < -0.39 is 11.5 Å². The molecule has 1 aliphatic rings. The molecule has 5 nitrogen and oxygen atoms in total. The zero-order chi connectivity index (χ0) is 14.6. The van der Waals surface area contributed by atoms with Crippen LogP contribution in [0.3, 0.4) is 0 Å². The largest absolute Gasteiger partial charge is 0.508 e. The van der Waals surface area contributed by atoms with Crippen molar-refractivity contribution in [2.75, 3.05) is 0 Å². The summed E-state index contributed by atoms with van der Waals surface area (Å²) in [5.41, 5.74) is 0.116. The Morgan fingerprint density at radius 3 is 2.55 bits per heavy atom. The van der Waals surface area contributed by atoms with E-state index in [-0.39, 0.29) is 24.5 Å². The molecule has 0 radical (unpaired) electrons. The van der Waals surface area contributed by atoms with Gasteiger partial charge in [-0.25, -0.2) is 0 Å². The molecule has 0 heterocycles. The van der Waals surface area contributed by atoms with Crippen LogP contribution < -0.4 is 5.32 Å². The molecule has 1 fully saturated rings. The molecular formula is C15H19NO4. The summed E-state index contributed by atoms with van der Waals surface area (Å²) in [4.78, 5) is 23.0. The Kier molecular flexibility index (Phi) is 4.27. The number of phenolic OH excluding ortho intramolecular Hbond substituents is 1. The van der Waals surface area contributed by atoms with Crippen molar-refractivity contribution >= 4 is 11.9 Å². The smallest absolute Gasteiger partial charge is 0.305 e. The lowest BCUT2D eigenvalue weighted by Crippen LogP contribution is -2.48. The average Bonchev–Trinajstić information content (AvgIpc) is 2.75. The second-order valence-corrected chi connectivity index (χ2v) is 5.45. The van der Waals surface area contributed by atoms with Gasteiger partial charge in [0.05, 0.1) is 18.4 Å². The van der Waals surface area contributed by atoms with Crippen LogP contribution in [0.25, 0.3) is 0 Å². The number of phenols is 1. The van der Waals surface area contributed by atoms with Crippen molar-refractivity contribution in [1.82, 2.24) is 5.32 Å². The quantitative estimate of drug-likeness (QED) is 0.766. The van der Waals surface area contributed by atoms with E-state index in [1.807, 2.05) is 0 Å². The summed E-state index contributed by atoms with van der Waals surface area (Å²) in [6, 6.07) is 6.53. The molecule has 108 valence electrons.